The predicted molar refractivity (Wildman–Crippen MR) is 114 cm³/mol. The van der Waals surface area contributed by atoms with Crippen LogP contribution in [0.2, 0.25) is 5.02 Å². The molecule has 0 amide bonds. The molecule has 2 aromatic carbocycles. The Kier molecular flexibility index (Phi) is 4.06. The average molecular weight is 443 g/mol. The van der Waals surface area contributed by atoms with Crippen LogP contribution in [-0.2, 0) is 7.05 Å². The van der Waals surface area contributed by atoms with Gasteiger partial charge >= 0.3 is 0 Å². The SMILES string of the molecule is Cn1cnc2c(-c3c(Cl)c4c5c(ncnc5c3F)N3CCNC[C@H]3CO4)c(F)ccc21. The van der Waals surface area contributed by atoms with E-state index in [9.17, 15) is 0 Å². The number of halogens is 3. The third-order valence-corrected chi connectivity index (χ3v) is 6.40. The van der Waals surface area contributed by atoms with Gasteiger partial charge in [0.2, 0.25) is 0 Å². The van der Waals surface area contributed by atoms with E-state index in [0.29, 0.717) is 41.9 Å². The van der Waals surface area contributed by atoms with Crippen LogP contribution in [0.5, 0.6) is 5.75 Å². The van der Waals surface area contributed by atoms with E-state index in [-0.39, 0.29) is 33.5 Å². The molecule has 0 spiro atoms. The third-order valence-electron chi connectivity index (χ3n) is 6.04. The summed E-state index contributed by atoms with van der Waals surface area (Å²) in [5.41, 5.74) is 0.912. The van der Waals surface area contributed by atoms with Crippen molar-refractivity contribution < 1.29 is 13.5 Å². The van der Waals surface area contributed by atoms with Gasteiger partial charge in [0.25, 0.3) is 0 Å². The van der Waals surface area contributed by atoms with Crippen LogP contribution in [0.1, 0.15) is 0 Å². The van der Waals surface area contributed by atoms with Crippen LogP contribution in [-0.4, -0.2) is 51.8 Å². The molecule has 4 aromatic rings. The Bertz CT molecular complexity index is 1370. The van der Waals surface area contributed by atoms with Crippen molar-refractivity contribution in [3.63, 3.8) is 0 Å². The highest BCUT2D eigenvalue weighted by molar-refractivity contribution is 6.37. The van der Waals surface area contributed by atoms with Gasteiger partial charge in [-0.2, -0.15) is 0 Å². The lowest BCUT2D eigenvalue weighted by atomic mass is 9.99. The van der Waals surface area contributed by atoms with Gasteiger partial charge in [-0.1, -0.05) is 11.6 Å². The summed E-state index contributed by atoms with van der Waals surface area (Å²) in [7, 11) is 1.79. The fraction of sp³-hybridized carbons (Fsp3) is 0.286. The molecular weight excluding hydrogens is 426 g/mol. The molecule has 4 heterocycles. The van der Waals surface area contributed by atoms with Crippen LogP contribution in [0.25, 0.3) is 33.1 Å². The molecule has 0 radical (unpaired) electrons. The summed E-state index contributed by atoms with van der Waals surface area (Å²) in [6.45, 7) is 2.51. The molecule has 2 aliphatic rings. The highest BCUT2D eigenvalue weighted by atomic mass is 35.5. The monoisotopic (exact) mass is 442 g/mol. The Morgan fingerprint density at radius 1 is 1.16 bits per heavy atom. The van der Waals surface area contributed by atoms with Crippen LogP contribution < -0.4 is 15.0 Å². The Hall–Kier alpha value is -3.04. The lowest BCUT2D eigenvalue weighted by Gasteiger charge is -2.35. The number of aromatic nitrogens is 4. The number of ether oxygens (including phenoxy) is 1. The first-order valence-electron chi connectivity index (χ1n) is 9.92. The van der Waals surface area contributed by atoms with E-state index in [1.165, 1.54) is 12.4 Å². The van der Waals surface area contributed by atoms with E-state index in [1.54, 1.807) is 24.0 Å². The molecule has 0 unspecified atom stereocenters. The topological polar surface area (TPSA) is 68.1 Å². The van der Waals surface area contributed by atoms with Crippen LogP contribution in [0.15, 0.2) is 24.8 Å². The van der Waals surface area contributed by atoms with Crippen molar-refractivity contribution in [1.82, 2.24) is 24.8 Å². The summed E-state index contributed by atoms with van der Waals surface area (Å²) in [5.74, 6) is -0.497. The minimum absolute atomic E-state index is 0.00820. The predicted octanol–water partition coefficient (Wildman–Crippen LogP) is 3.29. The fourth-order valence-corrected chi connectivity index (χ4v) is 4.87. The molecule has 158 valence electrons. The number of hydrogen-bond acceptors (Lipinski definition) is 6. The van der Waals surface area contributed by atoms with E-state index >= 15 is 8.78 Å². The second-order valence-electron chi connectivity index (χ2n) is 7.76. The zero-order valence-electron chi connectivity index (χ0n) is 16.5. The van der Waals surface area contributed by atoms with E-state index in [0.717, 1.165) is 6.54 Å². The second kappa shape index (κ2) is 6.73. The van der Waals surface area contributed by atoms with Crippen LogP contribution in [0, 0.1) is 11.6 Å². The van der Waals surface area contributed by atoms with Crippen LogP contribution in [0.4, 0.5) is 14.6 Å². The highest BCUT2D eigenvalue weighted by Crippen LogP contribution is 2.48. The molecule has 31 heavy (non-hydrogen) atoms. The summed E-state index contributed by atoms with van der Waals surface area (Å²) in [5, 5.41) is 3.73. The number of aryl methyl sites for hydroxylation is 1. The minimum atomic E-state index is -0.721. The molecule has 10 heteroatoms. The summed E-state index contributed by atoms with van der Waals surface area (Å²) < 4.78 is 38.8. The van der Waals surface area contributed by atoms with E-state index in [4.69, 9.17) is 16.3 Å². The van der Waals surface area contributed by atoms with Crippen molar-refractivity contribution in [3.05, 3.63) is 41.4 Å². The number of fused-ring (bicyclic) bond motifs is 3. The molecule has 0 bridgehead atoms. The normalized spacial score (nSPS) is 18.2. The standard InChI is InChI=1S/C21H17ClF2N6O/c1-29-9-28-18-12(29)3-2-11(23)13(18)14-16(22)20-15-19(17(14)24)26-8-27-21(15)30-5-4-25-6-10(30)7-31-20/h2-3,8-10,25H,4-7H2,1H3/t10-/m0/s1. The zero-order chi connectivity index (χ0) is 21.3. The maximum Gasteiger partial charge on any atom is 0.159 e. The van der Waals surface area contributed by atoms with Gasteiger partial charge in [-0.05, 0) is 12.1 Å². The molecule has 2 aromatic heterocycles. The molecule has 0 aliphatic carbocycles. The molecule has 1 N–H and O–H groups in total. The largest absolute Gasteiger partial charge is 0.489 e. The van der Waals surface area contributed by atoms with Gasteiger partial charge in [-0.15, -0.1) is 0 Å². The van der Waals surface area contributed by atoms with Crippen molar-refractivity contribution in [2.75, 3.05) is 31.1 Å². The smallest absolute Gasteiger partial charge is 0.159 e. The maximum absolute atomic E-state index is 15.9. The molecule has 2 aliphatic heterocycles. The van der Waals surface area contributed by atoms with Crippen molar-refractivity contribution in [3.8, 4) is 16.9 Å². The molecule has 1 saturated heterocycles. The first kappa shape index (κ1) is 18.7. The van der Waals surface area contributed by atoms with Crippen molar-refractivity contribution in [2.24, 2.45) is 7.05 Å². The molecule has 6 rings (SSSR count). The van der Waals surface area contributed by atoms with Gasteiger partial charge in [-0.3, -0.25) is 0 Å². The molecular formula is C21H17ClF2N6O. The lowest BCUT2D eigenvalue weighted by Crippen LogP contribution is -2.53. The van der Waals surface area contributed by atoms with E-state index in [2.05, 4.69) is 25.2 Å². The number of rotatable bonds is 1. The Morgan fingerprint density at radius 3 is 2.90 bits per heavy atom. The quantitative estimate of drug-likeness (QED) is 0.488. The molecule has 1 fully saturated rings. The number of benzene rings is 2. The Labute approximate surface area is 180 Å². The third kappa shape index (κ3) is 2.56. The van der Waals surface area contributed by atoms with Crippen LogP contribution in [0.3, 0.4) is 0 Å². The second-order valence-corrected chi connectivity index (χ2v) is 8.14. The number of hydrogen-bond donors (Lipinski definition) is 1. The molecule has 1 atom stereocenters. The Morgan fingerprint density at radius 2 is 2.03 bits per heavy atom. The number of nitrogens with zero attached hydrogens (tertiary/aromatic N) is 5. The van der Waals surface area contributed by atoms with Gasteiger partial charge in [0.05, 0.1) is 39.4 Å². The lowest BCUT2D eigenvalue weighted by molar-refractivity contribution is 0.274. The summed E-state index contributed by atoms with van der Waals surface area (Å²) in [6.07, 6.45) is 2.88. The number of nitrogens with one attached hydrogen (secondary N) is 1. The van der Waals surface area contributed by atoms with Crippen LogP contribution >= 0.6 is 11.6 Å². The van der Waals surface area contributed by atoms with Crippen molar-refractivity contribution in [2.45, 2.75) is 6.04 Å². The highest BCUT2D eigenvalue weighted by Gasteiger charge is 2.34. The fourth-order valence-electron chi connectivity index (χ4n) is 4.55. The van der Waals surface area contributed by atoms with Gasteiger partial charge in [0, 0.05) is 32.2 Å². The summed E-state index contributed by atoms with van der Waals surface area (Å²) >= 11 is 6.73. The summed E-state index contributed by atoms with van der Waals surface area (Å²) in [6, 6.07) is 2.90. The van der Waals surface area contributed by atoms with Gasteiger partial charge in [-0.25, -0.2) is 23.7 Å². The first-order valence-corrected chi connectivity index (χ1v) is 10.3. The average Bonchev–Trinajstić information content (AvgIpc) is 3.06. The summed E-state index contributed by atoms with van der Waals surface area (Å²) in [4.78, 5) is 15.0. The van der Waals surface area contributed by atoms with Gasteiger partial charge in [0.15, 0.2) is 11.6 Å². The molecule has 7 nitrogen and oxygen atoms in total. The minimum Gasteiger partial charge on any atom is -0.489 e. The maximum atomic E-state index is 15.9. The van der Waals surface area contributed by atoms with Crippen molar-refractivity contribution >= 4 is 39.4 Å². The number of anilines is 1. The molecule has 0 saturated carbocycles. The van der Waals surface area contributed by atoms with Gasteiger partial charge in [0.1, 0.15) is 30.1 Å². The zero-order valence-corrected chi connectivity index (χ0v) is 17.2. The van der Waals surface area contributed by atoms with Gasteiger partial charge < -0.3 is 19.5 Å². The number of imidazole rings is 1. The Balaban J connectivity index is 1.71. The first-order chi connectivity index (χ1) is 15.1. The van der Waals surface area contributed by atoms with E-state index in [1.807, 2.05) is 0 Å². The van der Waals surface area contributed by atoms with Crippen molar-refractivity contribution in [1.29, 1.82) is 0 Å². The number of piperazine rings is 1. The van der Waals surface area contributed by atoms with E-state index < -0.39 is 11.6 Å².